The predicted molar refractivity (Wildman–Crippen MR) is 131 cm³/mol. The van der Waals surface area contributed by atoms with Gasteiger partial charge in [0.15, 0.2) is 11.5 Å². The minimum absolute atomic E-state index is 0.0837. The zero-order valence-corrected chi connectivity index (χ0v) is 19.6. The summed E-state index contributed by atoms with van der Waals surface area (Å²) in [6, 6.07) is 15.9. The number of fused-ring (bicyclic) bond motifs is 1. The van der Waals surface area contributed by atoms with E-state index in [0.29, 0.717) is 21.2 Å². The molecule has 34 heavy (non-hydrogen) atoms. The third-order valence-electron chi connectivity index (χ3n) is 4.86. The summed E-state index contributed by atoms with van der Waals surface area (Å²) in [6.45, 7) is 1.98. The van der Waals surface area contributed by atoms with Crippen LogP contribution in [0.1, 0.15) is 11.9 Å². The Morgan fingerprint density at radius 2 is 1.88 bits per heavy atom. The fraction of sp³-hybridized carbons (Fsp3) is 0.130. The zero-order valence-electron chi connectivity index (χ0n) is 18.0. The molecule has 11 heteroatoms. The van der Waals surface area contributed by atoms with Gasteiger partial charge in [0.2, 0.25) is 11.0 Å². The molecule has 0 fully saturated rings. The number of benzene rings is 2. The van der Waals surface area contributed by atoms with E-state index in [9.17, 15) is 9.18 Å². The number of nitrogens with zero attached hydrogens (tertiary/aromatic N) is 6. The standard InChI is InChI=1S/C23H18FN7OS2/c1-2-19-29-30-23(34-19)26-18(32)13-33-22-16-12-25-31(14-8-4-3-5-9-14)21(16)27-20(28-22)15-10-6-7-11-17(15)24/h3-12H,2,13H2,1H3,(H,26,30,32). The summed E-state index contributed by atoms with van der Waals surface area (Å²) in [6.07, 6.45) is 2.41. The van der Waals surface area contributed by atoms with Crippen molar-refractivity contribution in [1.82, 2.24) is 29.9 Å². The molecule has 0 aliphatic carbocycles. The Bertz CT molecular complexity index is 1470. The van der Waals surface area contributed by atoms with Crippen molar-refractivity contribution in [2.75, 3.05) is 11.1 Å². The lowest BCUT2D eigenvalue weighted by Crippen LogP contribution is -2.14. The molecule has 0 unspecified atom stereocenters. The average molecular weight is 492 g/mol. The Morgan fingerprint density at radius 1 is 1.09 bits per heavy atom. The van der Waals surface area contributed by atoms with Gasteiger partial charge in [-0.2, -0.15) is 5.10 Å². The Kier molecular flexibility index (Phi) is 6.28. The second-order valence-corrected chi connectivity index (χ2v) is 9.18. The monoisotopic (exact) mass is 491 g/mol. The van der Waals surface area contributed by atoms with Crippen molar-refractivity contribution in [3.8, 4) is 17.1 Å². The van der Waals surface area contributed by atoms with Gasteiger partial charge in [-0.05, 0) is 30.7 Å². The fourth-order valence-corrected chi connectivity index (χ4v) is 4.74. The topological polar surface area (TPSA) is 98.5 Å². The predicted octanol–water partition coefficient (Wildman–Crippen LogP) is 4.77. The number of hydrogen-bond donors (Lipinski definition) is 1. The summed E-state index contributed by atoms with van der Waals surface area (Å²) in [5.74, 6) is -0.355. The van der Waals surface area contributed by atoms with Crippen LogP contribution in [-0.2, 0) is 11.2 Å². The number of halogens is 1. The Balaban J connectivity index is 1.50. The summed E-state index contributed by atoms with van der Waals surface area (Å²) in [7, 11) is 0. The number of aromatic nitrogens is 6. The van der Waals surface area contributed by atoms with Gasteiger partial charge in [-0.15, -0.1) is 10.2 Å². The number of hydrogen-bond acceptors (Lipinski definition) is 8. The maximum absolute atomic E-state index is 14.6. The van der Waals surface area contributed by atoms with Gasteiger partial charge in [-0.25, -0.2) is 19.0 Å². The maximum Gasteiger partial charge on any atom is 0.236 e. The van der Waals surface area contributed by atoms with E-state index < -0.39 is 5.82 Å². The summed E-state index contributed by atoms with van der Waals surface area (Å²) in [4.78, 5) is 21.8. The van der Waals surface area contributed by atoms with E-state index in [0.717, 1.165) is 17.1 Å². The lowest BCUT2D eigenvalue weighted by molar-refractivity contribution is -0.113. The molecule has 1 amide bonds. The molecule has 0 bridgehead atoms. The highest BCUT2D eigenvalue weighted by molar-refractivity contribution is 8.00. The number of rotatable bonds is 7. The van der Waals surface area contributed by atoms with Crippen LogP contribution in [0.5, 0.6) is 0 Å². The maximum atomic E-state index is 14.6. The molecule has 8 nitrogen and oxygen atoms in total. The van der Waals surface area contributed by atoms with Crippen molar-refractivity contribution in [2.24, 2.45) is 0 Å². The number of nitrogens with one attached hydrogen (secondary N) is 1. The quantitative estimate of drug-likeness (QED) is 0.259. The van der Waals surface area contributed by atoms with Crippen molar-refractivity contribution in [3.05, 3.63) is 71.6 Å². The first kappa shape index (κ1) is 22.1. The Hall–Kier alpha value is -3.70. The van der Waals surface area contributed by atoms with Gasteiger partial charge in [0.05, 0.1) is 28.6 Å². The Labute approximate surface area is 202 Å². The van der Waals surface area contributed by atoms with Crippen LogP contribution in [0.2, 0.25) is 0 Å². The molecule has 5 aromatic rings. The molecule has 0 aliphatic heterocycles. The summed E-state index contributed by atoms with van der Waals surface area (Å²) in [5, 5.41) is 17.7. The lowest BCUT2D eigenvalue weighted by atomic mass is 10.2. The van der Waals surface area contributed by atoms with Crippen LogP contribution in [0.15, 0.2) is 65.8 Å². The molecular weight excluding hydrogens is 473 g/mol. The van der Waals surface area contributed by atoms with Gasteiger partial charge in [-0.3, -0.25) is 10.1 Å². The first-order chi connectivity index (χ1) is 16.6. The first-order valence-electron chi connectivity index (χ1n) is 10.4. The van der Waals surface area contributed by atoms with E-state index >= 15 is 0 Å². The molecule has 0 radical (unpaired) electrons. The number of amides is 1. The van der Waals surface area contributed by atoms with Crippen LogP contribution in [0, 0.1) is 5.82 Å². The molecule has 5 rings (SSSR count). The Morgan fingerprint density at radius 3 is 2.65 bits per heavy atom. The number of aryl methyl sites for hydroxylation is 1. The lowest BCUT2D eigenvalue weighted by Gasteiger charge is -2.08. The molecule has 170 valence electrons. The molecule has 3 heterocycles. The highest BCUT2D eigenvalue weighted by Crippen LogP contribution is 2.30. The van der Waals surface area contributed by atoms with Crippen molar-refractivity contribution >= 4 is 45.2 Å². The van der Waals surface area contributed by atoms with E-state index in [1.165, 1.54) is 29.2 Å². The summed E-state index contributed by atoms with van der Waals surface area (Å²) < 4.78 is 16.2. The van der Waals surface area contributed by atoms with Crippen LogP contribution in [0.25, 0.3) is 28.1 Å². The van der Waals surface area contributed by atoms with Crippen LogP contribution in [0.3, 0.4) is 0 Å². The van der Waals surface area contributed by atoms with Crippen molar-refractivity contribution in [1.29, 1.82) is 0 Å². The van der Waals surface area contributed by atoms with E-state index in [1.807, 2.05) is 37.3 Å². The molecule has 0 saturated heterocycles. The second-order valence-electron chi connectivity index (χ2n) is 7.15. The number of para-hydroxylation sites is 1. The zero-order chi connectivity index (χ0) is 23.5. The van der Waals surface area contributed by atoms with Crippen molar-refractivity contribution < 1.29 is 9.18 Å². The molecule has 0 aliphatic rings. The van der Waals surface area contributed by atoms with E-state index in [-0.39, 0.29) is 23.0 Å². The number of anilines is 1. The number of carbonyl (C=O) groups excluding carboxylic acids is 1. The third kappa shape index (κ3) is 4.52. The van der Waals surface area contributed by atoms with Crippen LogP contribution in [-0.4, -0.2) is 41.6 Å². The smallest absolute Gasteiger partial charge is 0.236 e. The van der Waals surface area contributed by atoms with Gasteiger partial charge in [0.25, 0.3) is 0 Å². The van der Waals surface area contributed by atoms with E-state index in [4.69, 9.17) is 0 Å². The van der Waals surface area contributed by atoms with Crippen LogP contribution < -0.4 is 5.32 Å². The van der Waals surface area contributed by atoms with Crippen LogP contribution >= 0.6 is 23.1 Å². The van der Waals surface area contributed by atoms with Gasteiger partial charge < -0.3 is 0 Å². The average Bonchev–Trinajstić information content (AvgIpc) is 3.50. The molecule has 1 N–H and O–H groups in total. The molecule has 3 aromatic heterocycles. The van der Waals surface area contributed by atoms with E-state index in [1.54, 1.807) is 29.1 Å². The largest absolute Gasteiger partial charge is 0.300 e. The van der Waals surface area contributed by atoms with Crippen LogP contribution in [0.4, 0.5) is 9.52 Å². The van der Waals surface area contributed by atoms with Gasteiger partial charge in [-0.1, -0.05) is 60.4 Å². The second kappa shape index (κ2) is 9.65. The normalized spacial score (nSPS) is 11.1. The number of thioether (sulfide) groups is 1. The van der Waals surface area contributed by atoms with Gasteiger partial charge in [0, 0.05) is 0 Å². The number of carbonyl (C=O) groups is 1. The highest BCUT2D eigenvalue weighted by Gasteiger charge is 2.18. The summed E-state index contributed by atoms with van der Waals surface area (Å²) in [5.41, 5.74) is 1.61. The first-order valence-corrected chi connectivity index (χ1v) is 12.2. The van der Waals surface area contributed by atoms with Crippen molar-refractivity contribution in [2.45, 2.75) is 18.4 Å². The molecule has 2 aromatic carbocycles. The molecular formula is C23H18FN7OS2. The van der Waals surface area contributed by atoms with Gasteiger partial charge in [0.1, 0.15) is 15.9 Å². The summed E-state index contributed by atoms with van der Waals surface area (Å²) >= 11 is 2.57. The SMILES string of the molecule is CCc1nnc(NC(=O)CSc2nc(-c3ccccc3F)nc3c2cnn3-c2ccccc2)s1. The molecule has 0 atom stereocenters. The molecule has 0 saturated carbocycles. The molecule has 0 spiro atoms. The highest BCUT2D eigenvalue weighted by atomic mass is 32.2. The van der Waals surface area contributed by atoms with Gasteiger partial charge >= 0.3 is 0 Å². The minimum Gasteiger partial charge on any atom is -0.300 e. The fourth-order valence-electron chi connectivity index (χ4n) is 3.25. The van der Waals surface area contributed by atoms with Crippen molar-refractivity contribution in [3.63, 3.8) is 0 Å². The minimum atomic E-state index is -0.427. The van der Waals surface area contributed by atoms with E-state index in [2.05, 4.69) is 30.6 Å². The third-order valence-corrected chi connectivity index (χ3v) is 6.84.